The molecule has 0 aliphatic heterocycles. The zero-order chi connectivity index (χ0) is 22.4. The fourth-order valence-corrected chi connectivity index (χ4v) is 3.71. The van der Waals surface area contributed by atoms with Crippen molar-refractivity contribution in [2.75, 3.05) is 36.3 Å². The zero-order valence-corrected chi connectivity index (χ0v) is 18.4. The molecule has 0 aliphatic rings. The Hall–Kier alpha value is -2.69. The molecule has 1 aromatic heterocycles. The molecule has 1 amide bonds. The van der Waals surface area contributed by atoms with Crippen LogP contribution in [0.25, 0.3) is 11.4 Å². The quantitative estimate of drug-likeness (QED) is 0.335. The third-order valence-electron chi connectivity index (χ3n) is 4.23. The predicted molar refractivity (Wildman–Crippen MR) is 121 cm³/mol. The monoisotopic (exact) mass is 462 g/mol. The second-order valence-corrected chi connectivity index (χ2v) is 7.92. The minimum absolute atomic E-state index is 0.0980. The van der Waals surface area contributed by atoms with E-state index in [2.05, 4.69) is 20.6 Å². The van der Waals surface area contributed by atoms with Crippen LogP contribution in [-0.4, -0.2) is 46.6 Å². The van der Waals surface area contributed by atoms with Crippen LogP contribution in [0, 0.1) is 11.6 Å². The molecule has 3 aromatic rings. The summed E-state index contributed by atoms with van der Waals surface area (Å²) in [7, 11) is 0. The maximum atomic E-state index is 13.5. The van der Waals surface area contributed by atoms with Crippen molar-refractivity contribution in [1.29, 1.82) is 0 Å². The number of carbonyl (C=O) groups is 1. The maximum Gasteiger partial charge on any atom is 0.262 e. The average molecular weight is 463 g/mol. The number of aromatic nitrogens is 2. The molecule has 0 fully saturated rings. The van der Waals surface area contributed by atoms with Gasteiger partial charge in [0.15, 0.2) is 17.5 Å². The van der Waals surface area contributed by atoms with Gasteiger partial charge >= 0.3 is 0 Å². The number of rotatable bonds is 8. The third-order valence-corrected chi connectivity index (χ3v) is 5.65. The van der Waals surface area contributed by atoms with Gasteiger partial charge in [-0.15, -0.1) is 23.5 Å². The normalized spacial score (nSPS) is 10.7. The van der Waals surface area contributed by atoms with Crippen LogP contribution in [-0.2, 0) is 0 Å². The van der Waals surface area contributed by atoms with Gasteiger partial charge in [-0.05, 0) is 36.8 Å². The Morgan fingerprint density at radius 3 is 2.39 bits per heavy atom. The van der Waals surface area contributed by atoms with Gasteiger partial charge in [0.05, 0.1) is 6.61 Å². The SMILES string of the molecule is CSc1ccc(-c2nc(NCCO)c(C(=O)Nc3ccc(F)c(F)c3)c(SC)n2)cc1. The van der Waals surface area contributed by atoms with E-state index < -0.39 is 17.5 Å². The first-order valence-electron chi connectivity index (χ1n) is 9.18. The van der Waals surface area contributed by atoms with Crippen molar-refractivity contribution in [1.82, 2.24) is 9.97 Å². The molecule has 3 rings (SSSR count). The van der Waals surface area contributed by atoms with Gasteiger partial charge in [-0.2, -0.15) is 0 Å². The topological polar surface area (TPSA) is 87.1 Å². The van der Waals surface area contributed by atoms with Crippen molar-refractivity contribution in [3.8, 4) is 11.4 Å². The lowest BCUT2D eigenvalue weighted by atomic mass is 10.2. The summed E-state index contributed by atoms with van der Waals surface area (Å²) in [5.74, 6) is -2.01. The van der Waals surface area contributed by atoms with E-state index in [1.165, 1.54) is 17.8 Å². The summed E-state index contributed by atoms with van der Waals surface area (Å²) in [6.07, 6.45) is 3.75. The standard InChI is InChI=1S/C21H20F2N4O2S2/c1-30-14-6-3-12(4-7-14)18-26-19(24-9-10-28)17(21(27-18)31-2)20(29)25-13-5-8-15(22)16(23)11-13/h3-8,11,28H,9-10H2,1-2H3,(H,25,29)(H,24,26,27). The number of halogens is 2. The first-order valence-corrected chi connectivity index (χ1v) is 11.6. The molecule has 6 nitrogen and oxygen atoms in total. The number of thioether (sulfide) groups is 2. The van der Waals surface area contributed by atoms with E-state index in [0.717, 1.165) is 22.6 Å². The summed E-state index contributed by atoms with van der Waals surface area (Å²) in [6, 6.07) is 10.8. The lowest BCUT2D eigenvalue weighted by Gasteiger charge is -2.15. The number of hydrogen-bond acceptors (Lipinski definition) is 7. The highest BCUT2D eigenvalue weighted by Crippen LogP contribution is 2.30. The van der Waals surface area contributed by atoms with Crippen LogP contribution in [0.3, 0.4) is 0 Å². The van der Waals surface area contributed by atoms with Crippen molar-refractivity contribution in [3.05, 3.63) is 59.7 Å². The van der Waals surface area contributed by atoms with E-state index >= 15 is 0 Å². The van der Waals surface area contributed by atoms with Crippen LogP contribution in [0.5, 0.6) is 0 Å². The van der Waals surface area contributed by atoms with Gasteiger partial charge in [-0.1, -0.05) is 12.1 Å². The second-order valence-electron chi connectivity index (χ2n) is 6.24. The van der Waals surface area contributed by atoms with Crippen molar-refractivity contribution >= 4 is 40.9 Å². The van der Waals surface area contributed by atoms with E-state index in [-0.39, 0.29) is 30.2 Å². The molecule has 31 heavy (non-hydrogen) atoms. The summed E-state index contributed by atoms with van der Waals surface area (Å²) in [6.45, 7) is 0.00172. The lowest BCUT2D eigenvalue weighted by molar-refractivity contribution is 0.102. The molecule has 0 spiro atoms. The van der Waals surface area contributed by atoms with Gasteiger partial charge in [0.25, 0.3) is 5.91 Å². The molecule has 1 heterocycles. The first-order chi connectivity index (χ1) is 15.0. The van der Waals surface area contributed by atoms with E-state index in [4.69, 9.17) is 0 Å². The molecule has 0 aliphatic carbocycles. The highest BCUT2D eigenvalue weighted by atomic mass is 32.2. The number of hydrogen-bond donors (Lipinski definition) is 3. The number of aliphatic hydroxyl groups is 1. The molecular weight excluding hydrogens is 442 g/mol. The minimum Gasteiger partial charge on any atom is -0.395 e. The van der Waals surface area contributed by atoms with Crippen LogP contribution in [0.2, 0.25) is 0 Å². The van der Waals surface area contributed by atoms with Gasteiger partial charge in [0, 0.05) is 28.8 Å². The largest absolute Gasteiger partial charge is 0.395 e. The first kappa shape index (κ1) is 23.0. The fourth-order valence-electron chi connectivity index (χ4n) is 2.73. The highest BCUT2D eigenvalue weighted by molar-refractivity contribution is 7.98. The summed E-state index contributed by atoms with van der Waals surface area (Å²) in [5, 5.41) is 15.1. The lowest BCUT2D eigenvalue weighted by Crippen LogP contribution is -2.20. The van der Waals surface area contributed by atoms with Crippen molar-refractivity contribution in [2.24, 2.45) is 0 Å². The summed E-state index contributed by atoms with van der Waals surface area (Å²) in [4.78, 5) is 23.1. The number of aliphatic hydroxyl groups excluding tert-OH is 1. The maximum absolute atomic E-state index is 13.5. The molecule has 2 aromatic carbocycles. The van der Waals surface area contributed by atoms with E-state index in [0.29, 0.717) is 10.9 Å². The summed E-state index contributed by atoms with van der Waals surface area (Å²) >= 11 is 2.87. The van der Waals surface area contributed by atoms with Crippen molar-refractivity contribution in [3.63, 3.8) is 0 Å². The smallest absolute Gasteiger partial charge is 0.262 e. The number of benzene rings is 2. The predicted octanol–water partition coefficient (Wildman–Crippen LogP) is 4.52. The molecule has 0 atom stereocenters. The Labute approximate surface area is 186 Å². The molecule has 3 N–H and O–H groups in total. The van der Waals surface area contributed by atoms with Gasteiger partial charge < -0.3 is 15.7 Å². The Bertz CT molecular complexity index is 1080. The zero-order valence-electron chi connectivity index (χ0n) is 16.8. The average Bonchev–Trinajstić information content (AvgIpc) is 2.79. The van der Waals surface area contributed by atoms with Crippen molar-refractivity contribution in [2.45, 2.75) is 9.92 Å². The molecule has 10 heteroatoms. The number of nitrogens with zero attached hydrogens (tertiary/aromatic N) is 2. The van der Waals surface area contributed by atoms with Gasteiger partial charge in [-0.25, -0.2) is 18.7 Å². The number of amides is 1. The van der Waals surface area contributed by atoms with E-state index in [1.54, 1.807) is 18.0 Å². The van der Waals surface area contributed by atoms with Gasteiger partial charge in [0.1, 0.15) is 16.4 Å². The van der Waals surface area contributed by atoms with E-state index in [1.807, 2.05) is 30.5 Å². The molecule has 0 unspecified atom stereocenters. The Morgan fingerprint density at radius 2 is 1.77 bits per heavy atom. The number of nitrogens with one attached hydrogen (secondary N) is 2. The van der Waals surface area contributed by atoms with Crippen LogP contribution in [0.1, 0.15) is 10.4 Å². The van der Waals surface area contributed by atoms with Crippen LogP contribution < -0.4 is 10.6 Å². The number of anilines is 2. The van der Waals surface area contributed by atoms with Crippen molar-refractivity contribution < 1.29 is 18.7 Å². The highest BCUT2D eigenvalue weighted by Gasteiger charge is 2.22. The Kier molecular flexibility index (Phi) is 7.83. The van der Waals surface area contributed by atoms with Crippen LogP contribution in [0.4, 0.5) is 20.3 Å². The summed E-state index contributed by atoms with van der Waals surface area (Å²) < 4.78 is 26.7. The summed E-state index contributed by atoms with van der Waals surface area (Å²) in [5.41, 5.74) is 1.02. The molecule has 0 saturated carbocycles. The van der Waals surface area contributed by atoms with E-state index in [9.17, 15) is 18.7 Å². The van der Waals surface area contributed by atoms with Crippen LogP contribution >= 0.6 is 23.5 Å². The molecule has 0 radical (unpaired) electrons. The fraction of sp³-hybridized carbons (Fsp3) is 0.190. The minimum atomic E-state index is -1.07. The molecule has 162 valence electrons. The van der Waals surface area contributed by atoms with Crippen LogP contribution in [0.15, 0.2) is 52.4 Å². The van der Waals surface area contributed by atoms with Gasteiger partial charge in [-0.3, -0.25) is 4.79 Å². The third kappa shape index (κ3) is 5.52. The Morgan fingerprint density at radius 1 is 1.03 bits per heavy atom. The Balaban J connectivity index is 2.02. The van der Waals surface area contributed by atoms with Gasteiger partial charge in [0.2, 0.25) is 0 Å². The molecule has 0 bridgehead atoms. The second kappa shape index (κ2) is 10.6. The molecular formula is C21H20F2N4O2S2. The number of carbonyl (C=O) groups excluding carboxylic acids is 1. The molecule has 0 saturated heterocycles.